The number of likely N-dealkylation sites (N-methyl/N-ethyl adjacent to an activating group) is 1. The Labute approximate surface area is 148 Å². The van der Waals surface area contributed by atoms with Crippen molar-refractivity contribution in [3.8, 4) is 11.1 Å². The van der Waals surface area contributed by atoms with Crippen LogP contribution in [0.5, 0.6) is 0 Å². The van der Waals surface area contributed by atoms with Crippen LogP contribution in [0.25, 0.3) is 11.1 Å². The lowest BCUT2D eigenvalue weighted by Crippen LogP contribution is -2.38. The lowest BCUT2D eigenvalue weighted by Gasteiger charge is -2.26. The monoisotopic (exact) mass is 344 g/mol. The lowest BCUT2D eigenvalue weighted by molar-refractivity contribution is -0.142. The summed E-state index contributed by atoms with van der Waals surface area (Å²) in [6, 6.07) is 15.9. The van der Waals surface area contributed by atoms with E-state index in [0.717, 1.165) is 21.7 Å². The number of carbonyl (C=O) groups is 1. The second-order valence-electron chi connectivity index (χ2n) is 6.02. The summed E-state index contributed by atoms with van der Waals surface area (Å²) in [7, 11) is 3.73. The first-order chi connectivity index (χ1) is 11.4. The largest absolute Gasteiger partial charge is 0.480 e. The van der Waals surface area contributed by atoms with E-state index in [1.807, 2.05) is 56.5 Å². The van der Waals surface area contributed by atoms with Gasteiger partial charge in [0.15, 0.2) is 0 Å². The lowest BCUT2D eigenvalue weighted by atomic mass is 10.1. The van der Waals surface area contributed by atoms with Gasteiger partial charge in [0, 0.05) is 17.6 Å². The van der Waals surface area contributed by atoms with Crippen molar-refractivity contribution in [3.63, 3.8) is 0 Å². The fourth-order valence-corrected chi connectivity index (χ4v) is 3.66. The van der Waals surface area contributed by atoms with Crippen molar-refractivity contribution in [1.82, 2.24) is 4.31 Å². The van der Waals surface area contributed by atoms with Gasteiger partial charge < -0.3 is 10.4 Å². The molecule has 0 spiro atoms. The normalized spacial score (nSPS) is 12.4. The highest BCUT2D eigenvalue weighted by molar-refractivity contribution is 7.97. The third-order valence-electron chi connectivity index (χ3n) is 3.89. The van der Waals surface area contributed by atoms with E-state index in [2.05, 4.69) is 29.6 Å². The molecule has 0 aliphatic carbocycles. The second kappa shape index (κ2) is 8.22. The topological polar surface area (TPSA) is 52.6 Å². The highest BCUT2D eigenvalue weighted by Gasteiger charge is 2.26. The van der Waals surface area contributed by atoms with Gasteiger partial charge in [0.25, 0.3) is 0 Å². The number of aliphatic carboxylic acids is 1. The Morgan fingerprint density at radius 3 is 1.96 bits per heavy atom. The maximum atomic E-state index is 11.4. The number of hydrogen-bond donors (Lipinski definition) is 2. The molecule has 128 valence electrons. The molecule has 0 aliphatic heterocycles. The fourth-order valence-electron chi connectivity index (χ4n) is 2.62. The first kappa shape index (κ1) is 18.4. The molecule has 0 bridgehead atoms. The van der Waals surface area contributed by atoms with Gasteiger partial charge in [0.2, 0.25) is 0 Å². The van der Waals surface area contributed by atoms with Crippen molar-refractivity contribution in [3.05, 3.63) is 48.5 Å². The first-order valence-electron chi connectivity index (χ1n) is 7.94. The minimum absolute atomic E-state index is 0.0463. The Bertz CT molecular complexity index is 669. The number of nitrogens with one attached hydrogen (secondary N) is 1. The van der Waals surface area contributed by atoms with Gasteiger partial charge >= 0.3 is 5.97 Å². The number of benzene rings is 2. The van der Waals surface area contributed by atoms with Crippen LogP contribution in [0.2, 0.25) is 0 Å². The molecule has 2 aromatic carbocycles. The van der Waals surface area contributed by atoms with Gasteiger partial charge in [-0.15, -0.1) is 0 Å². The van der Waals surface area contributed by atoms with Crippen LogP contribution in [-0.4, -0.2) is 35.5 Å². The van der Waals surface area contributed by atoms with Gasteiger partial charge in [-0.2, -0.15) is 0 Å². The predicted octanol–water partition coefficient (Wildman–Crippen LogP) is 4.44. The summed E-state index contributed by atoms with van der Waals surface area (Å²) in [5.74, 6) is -0.744. The number of carboxylic acids is 1. The molecular weight excluding hydrogens is 320 g/mol. The summed E-state index contributed by atoms with van der Waals surface area (Å²) in [5, 5.41) is 12.5. The van der Waals surface area contributed by atoms with E-state index in [1.165, 1.54) is 11.9 Å². The molecule has 0 heterocycles. The zero-order chi connectivity index (χ0) is 17.7. The van der Waals surface area contributed by atoms with E-state index < -0.39 is 12.0 Å². The van der Waals surface area contributed by atoms with Crippen molar-refractivity contribution in [2.24, 2.45) is 5.92 Å². The molecule has 0 aromatic heterocycles. The van der Waals surface area contributed by atoms with Gasteiger partial charge in [-0.25, -0.2) is 4.31 Å². The molecular formula is C19H24N2O2S. The van der Waals surface area contributed by atoms with E-state index in [4.69, 9.17) is 0 Å². The average Bonchev–Trinajstić information content (AvgIpc) is 2.55. The Kier molecular flexibility index (Phi) is 6.29. The molecule has 0 aliphatic rings. The Balaban J connectivity index is 2.09. The van der Waals surface area contributed by atoms with E-state index in [9.17, 15) is 9.90 Å². The second-order valence-corrected chi connectivity index (χ2v) is 7.25. The highest BCUT2D eigenvalue weighted by atomic mass is 32.2. The van der Waals surface area contributed by atoms with E-state index in [1.54, 1.807) is 0 Å². The van der Waals surface area contributed by atoms with E-state index in [-0.39, 0.29) is 5.92 Å². The molecule has 5 heteroatoms. The van der Waals surface area contributed by atoms with Crippen LogP contribution in [0, 0.1) is 5.92 Å². The molecule has 2 aromatic rings. The Morgan fingerprint density at radius 2 is 1.54 bits per heavy atom. The van der Waals surface area contributed by atoms with Gasteiger partial charge in [-0.3, -0.25) is 4.79 Å². The van der Waals surface area contributed by atoms with Crippen LogP contribution >= 0.6 is 11.9 Å². The maximum absolute atomic E-state index is 11.4. The SMILES string of the molecule is CNc1ccc(-c2ccc(SN(C)[C@@H](C(=O)O)C(C)C)cc2)cc1. The molecule has 1 atom stereocenters. The zero-order valence-electron chi connectivity index (χ0n) is 14.5. The Hall–Kier alpha value is -1.98. The predicted molar refractivity (Wildman–Crippen MR) is 101 cm³/mol. The van der Waals surface area contributed by atoms with Gasteiger partial charge in [0.1, 0.15) is 6.04 Å². The summed E-state index contributed by atoms with van der Waals surface area (Å²) in [6.07, 6.45) is 0. The standard InChI is InChI=1S/C19H24N2O2S/c1-13(2)18(19(22)23)21(4)24-17-11-7-15(8-12-17)14-5-9-16(20-3)10-6-14/h5-13,18,20H,1-4H3,(H,22,23)/t18-/m1/s1. The molecule has 0 saturated heterocycles. The smallest absolute Gasteiger partial charge is 0.322 e. The zero-order valence-corrected chi connectivity index (χ0v) is 15.3. The van der Waals surface area contributed by atoms with Gasteiger partial charge in [-0.1, -0.05) is 38.1 Å². The summed E-state index contributed by atoms with van der Waals surface area (Å²) in [6.45, 7) is 3.85. The van der Waals surface area contributed by atoms with Gasteiger partial charge in [0.05, 0.1) is 0 Å². The minimum Gasteiger partial charge on any atom is -0.480 e. The van der Waals surface area contributed by atoms with Crippen molar-refractivity contribution >= 4 is 23.6 Å². The number of anilines is 1. The molecule has 0 saturated carbocycles. The van der Waals surface area contributed by atoms with Crippen molar-refractivity contribution in [1.29, 1.82) is 0 Å². The first-order valence-corrected chi connectivity index (χ1v) is 8.71. The van der Waals surface area contributed by atoms with Crippen molar-refractivity contribution < 1.29 is 9.90 Å². The summed E-state index contributed by atoms with van der Waals surface area (Å²) >= 11 is 1.46. The van der Waals surface area contributed by atoms with Crippen LogP contribution in [0.1, 0.15) is 13.8 Å². The molecule has 2 N–H and O–H groups in total. The quantitative estimate of drug-likeness (QED) is 0.727. The minimum atomic E-state index is -0.791. The number of rotatable bonds is 7. The summed E-state index contributed by atoms with van der Waals surface area (Å²) in [5.41, 5.74) is 3.38. The average molecular weight is 344 g/mol. The molecule has 2 rings (SSSR count). The fraction of sp³-hybridized carbons (Fsp3) is 0.316. The van der Waals surface area contributed by atoms with Crippen LogP contribution in [0.3, 0.4) is 0 Å². The molecule has 0 radical (unpaired) electrons. The molecule has 4 nitrogen and oxygen atoms in total. The molecule has 0 unspecified atom stereocenters. The molecule has 0 fully saturated rings. The highest BCUT2D eigenvalue weighted by Crippen LogP contribution is 2.29. The van der Waals surface area contributed by atoms with Crippen LogP contribution < -0.4 is 5.32 Å². The molecule has 24 heavy (non-hydrogen) atoms. The number of hydrogen-bond acceptors (Lipinski definition) is 4. The third kappa shape index (κ3) is 4.52. The van der Waals surface area contributed by atoms with Crippen LogP contribution in [-0.2, 0) is 4.79 Å². The third-order valence-corrected chi connectivity index (χ3v) is 4.88. The number of carboxylic acid groups (broad SMARTS) is 1. The summed E-state index contributed by atoms with van der Waals surface area (Å²) in [4.78, 5) is 12.4. The molecule has 0 amide bonds. The van der Waals surface area contributed by atoms with E-state index in [0.29, 0.717) is 0 Å². The Morgan fingerprint density at radius 1 is 1.04 bits per heavy atom. The van der Waals surface area contributed by atoms with E-state index >= 15 is 0 Å². The van der Waals surface area contributed by atoms with Gasteiger partial charge in [-0.05, 0) is 60.3 Å². The van der Waals surface area contributed by atoms with Crippen molar-refractivity contribution in [2.75, 3.05) is 19.4 Å². The van der Waals surface area contributed by atoms with Crippen LogP contribution in [0.15, 0.2) is 53.4 Å². The van der Waals surface area contributed by atoms with Crippen LogP contribution in [0.4, 0.5) is 5.69 Å². The summed E-state index contributed by atoms with van der Waals surface area (Å²) < 4.78 is 1.81. The maximum Gasteiger partial charge on any atom is 0.322 e. The number of nitrogens with zero attached hydrogens (tertiary/aromatic N) is 1. The van der Waals surface area contributed by atoms with Crippen molar-refractivity contribution in [2.45, 2.75) is 24.8 Å².